The molecule has 5 heteroatoms. The van der Waals surface area contributed by atoms with Crippen molar-refractivity contribution in [3.05, 3.63) is 29.3 Å². The van der Waals surface area contributed by atoms with Gasteiger partial charge in [-0.05, 0) is 24.6 Å². The smallest absolute Gasteiger partial charge is 0.304 e. The predicted molar refractivity (Wildman–Crippen MR) is 78.7 cm³/mol. The van der Waals surface area contributed by atoms with Crippen LogP contribution in [0.2, 0.25) is 0 Å². The van der Waals surface area contributed by atoms with E-state index in [9.17, 15) is 4.79 Å². The van der Waals surface area contributed by atoms with E-state index in [1.165, 1.54) is 0 Å². The van der Waals surface area contributed by atoms with Gasteiger partial charge in [-0.2, -0.15) is 0 Å². The lowest BCUT2D eigenvalue weighted by Crippen LogP contribution is -2.26. The molecule has 0 atom stereocenters. The van der Waals surface area contributed by atoms with Gasteiger partial charge in [0.2, 0.25) is 0 Å². The highest BCUT2D eigenvalue weighted by molar-refractivity contribution is 5.66. The van der Waals surface area contributed by atoms with Gasteiger partial charge >= 0.3 is 5.97 Å². The van der Waals surface area contributed by atoms with Crippen LogP contribution < -0.4 is 10.5 Å². The molecule has 0 aliphatic rings. The maximum absolute atomic E-state index is 10.7. The number of carboxylic acid groups (broad SMARTS) is 1. The highest BCUT2D eigenvalue weighted by Gasteiger charge is 2.09. The molecule has 0 amide bonds. The second-order valence-electron chi connectivity index (χ2n) is 4.77. The van der Waals surface area contributed by atoms with Crippen molar-refractivity contribution in [2.45, 2.75) is 32.9 Å². The van der Waals surface area contributed by atoms with Gasteiger partial charge < -0.3 is 15.6 Å². The molecule has 20 heavy (non-hydrogen) atoms. The summed E-state index contributed by atoms with van der Waals surface area (Å²) >= 11 is 0. The number of aliphatic carboxylic acids is 1. The number of methoxy groups -OCH3 is 1. The topological polar surface area (TPSA) is 75.8 Å². The van der Waals surface area contributed by atoms with E-state index in [1.807, 2.05) is 18.2 Å². The van der Waals surface area contributed by atoms with Gasteiger partial charge in [0.1, 0.15) is 5.75 Å². The molecule has 0 aromatic heterocycles. The summed E-state index contributed by atoms with van der Waals surface area (Å²) in [5, 5.41) is 8.79. The average Bonchev–Trinajstić information content (AvgIpc) is 2.44. The molecule has 112 valence electrons. The Balaban J connectivity index is 2.74. The fraction of sp³-hybridized carbons (Fsp3) is 0.533. The molecule has 1 aromatic carbocycles. The molecule has 1 rings (SSSR count). The maximum Gasteiger partial charge on any atom is 0.304 e. The number of rotatable bonds is 9. The molecule has 0 bridgehead atoms. The monoisotopic (exact) mass is 280 g/mol. The average molecular weight is 280 g/mol. The Morgan fingerprint density at radius 3 is 2.70 bits per heavy atom. The number of hydrogen-bond donors (Lipinski definition) is 2. The first kappa shape index (κ1) is 16.5. The first-order valence-electron chi connectivity index (χ1n) is 6.90. The number of carbonyl (C=O) groups is 1. The summed E-state index contributed by atoms with van der Waals surface area (Å²) in [7, 11) is 1.63. The zero-order valence-electron chi connectivity index (χ0n) is 12.3. The molecule has 5 nitrogen and oxygen atoms in total. The Bertz CT molecular complexity index is 435. The summed E-state index contributed by atoms with van der Waals surface area (Å²) in [5.41, 5.74) is 7.74. The summed E-state index contributed by atoms with van der Waals surface area (Å²) in [6.07, 6.45) is 1.16. The lowest BCUT2D eigenvalue weighted by molar-refractivity contribution is -0.137. The molecule has 1 aromatic rings. The normalized spacial score (nSPS) is 10.8. The third-order valence-corrected chi connectivity index (χ3v) is 3.16. The number of nitrogens with zero attached hydrogens (tertiary/aromatic N) is 1. The molecule has 3 N–H and O–H groups in total. The summed E-state index contributed by atoms with van der Waals surface area (Å²) < 4.78 is 5.32. The van der Waals surface area contributed by atoms with Crippen molar-refractivity contribution in [1.82, 2.24) is 4.90 Å². The van der Waals surface area contributed by atoms with Crippen LogP contribution in [0.5, 0.6) is 5.75 Å². The predicted octanol–water partition coefficient (Wildman–Crippen LogP) is 1.84. The van der Waals surface area contributed by atoms with E-state index in [-0.39, 0.29) is 6.42 Å². The zero-order chi connectivity index (χ0) is 15.0. The Morgan fingerprint density at radius 1 is 1.40 bits per heavy atom. The lowest BCUT2D eigenvalue weighted by atomic mass is 10.1. The van der Waals surface area contributed by atoms with Crippen molar-refractivity contribution in [3.63, 3.8) is 0 Å². The van der Waals surface area contributed by atoms with Crippen LogP contribution in [0, 0.1) is 0 Å². The minimum absolute atomic E-state index is 0.165. The molecule has 0 radical (unpaired) electrons. The number of hydrogen-bond acceptors (Lipinski definition) is 4. The molecule has 0 unspecified atom stereocenters. The van der Waals surface area contributed by atoms with Gasteiger partial charge in [-0.25, -0.2) is 0 Å². The van der Waals surface area contributed by atoms with Crippen LogP contribution in [0.3, 0.4) is 0 Å². The summed E-state index contributed by atoms with van der Waals surface area (Å²) in [5.74, 6) is 0.0295. The van der Waals surface area contributed by atoms with Crippen LogP contribution in [-0.2, 0) is 17.9 Å². The summed E-state index contributed by atoms with van der Waals surface area (Å²) in [6.45, 7) is 4.70. The van der Waals surface area contributed by atoms with Crippen LogP contribution in [0.4, 0.5) is 0 Å². The molecule has 0 saturated heterocycles. The van der Waals surface area contributed by atoms with Crippen molar-refractivity contribution >= 4 is 5.97 Å². The number of nitrogens with two attached hydrogens (primary N) is 1. The minimum atomic E-state index is -0.762. The van der Waals surface area contributed by atoms with E-state index < -0.39 is 5.97 Å². The van der Waals surface area contributed by atoms with E-state index in [4.69, 9.17) is 15.6 Å². The quantitative estimate of drug-likeness (QED) is 0.722. The molecule has 0 spiro atoms. The molecule has 0 heterocycles. The van der Waals surface area contributed by atoms with Crippen LogP contribution in [-0.4, -0.2) is 36.2 Å². The van der Waals surface area contributed by atoms with E-state index >= 15 is 0 Å². The fourth-order valence-corrected chi connectivity index (χ4v) is 2.15. The fourth-order valence-electron chi connectivity index (χ4n) is 2.15. The van der Waals surface area contributed by atoms with E-state index in [2.05, 4.69) is 11.8 Å². The second kappa shape index (κ2) is 8.55. The summed E-state index contributed by atoms with van der Waals surface area (Å²) in [4.78, 5) is 12.8. The number of carboxylic acids is 1. The lowest BCUT2D eigenvalue weighted by Gasteiger charge is -2.21. The van der Waals surface area contributed by atoms with Crippen molar-refractivity contribution in [2.24, 2.45) is 5.73 Å². The Morgan fingerprint density at radius 2 is 2.15 bits per heavy atom. The van der Waals surface area contributed by atoms with Crippen molar-refractivity contribution in [1.29, 1.82) is 0 Å². The second-order valence-corrected chi connectivity index (χ2v) is 4.77. The molecule has 0 aliphatic carbocycles. The molecule has 0 fully saturated rings. The first-order chi connectivity index (χ1) is 9.60. The minimum Gasteiger partial charge on any atom is -0.496 e. The van der Waals surface area contributed by atoms with Crippen LogP contribution in [0.1, 0.15) is 30.9 Å². The van der Waals surface area contributed by atoms with Gasteiger partial charge in [-0.15, -0.1) is 0 Å². The van der Waals surface area contributed by atoms with E-state index in [0.717, 1.165) is 36.4 Å². The van der Waals surface area contributed by atoms with Crippen LogP contribution in [0.15, 0.2) is 18.2 Å². The SMILES string of the molecule is CCCN(CCC(=O)O)Cc1ccc(CN)c(OC)c1. The van der Waals surface area contributed by atoms with Crippen molar-refractivity contribution < 1.29 is 14.6 Å². The Hall–Kier alpha value is -1.59. The van der Waals surface area contributed by atoms with Gasteiger partial charge in [-0.3, -0.25) is 9.69 Å². The highest BCUT2D eigenvalue weighted by Crippen LogP contribution is 2.20. The molecular formula is C15H24N2O3. The van der Waals surface area contributed by atoms with E-state index in [0.29, 0.717) is 13.1 Å². The highest BCUT2D eigenvalue weighted by atomic mass is 16.5. The van der Waals surface area contributed by atoms with Gasteiger partial charge in [0.15, 0.2) is 0 Å². The molecule has 0 aliphatic heterocycles. The third-order valence-electron chi connectivity index (χ3n) is 3.16. The third kappa shape index (κ3) is 5.19. The number of ether oxygens (including phenoxy) is 1. The number of benzene rings is 1. The van der Waals surface area contributed by atoms with Crippen molar-refractivity contribution in [2.75, 3.05) is 20.2 Å². The van der Waals surface area contributed by atoms with Crippen LogP contribution >= 0.6 is 0 Å². The van der Waals surface area contributed by atoms with Gasteiger partial charge in [-0.1, -0.05) is 19.1 Å². The Labute approximate surface area is 120 Å². The maximum atomic E-state index is 10.7. The summed E-state index contributed by atoms with van der Waals surface area (Å²) in [6, 6.07) is 5.97. The van der Waals surface area contributed by atoms with Crippen LogP contribution in [0.25, 0.3) is 0 Å². The van der Waals surface area contributed by atoms with Gasteiger partial charge in [0, 0.05) is 25.2 Å². The molecular weight excluding hydrogens is 256 g/mol. The first-order valence-corrected chi connectivity index (χ1v) is 6.90. The standard InChI is InChI=1S/C15H24N2O3/c1-3-7-17(8-6-15(18)19)11-12-4-5-13(10-16)14(9-12)20-2/h4-5,9H,3,6-8,10-11,16H2,1-2H3,(H,18,19). The molecule has 0 saturated carbocycles. The van der Waals surface area contributed by atoms with Gasteiger partial charge in [0.05, 0.1) is 13.5 Å². The van der Waals surface area contributed by atoms with Gasteiger partial charge in [0.25, 0.3) is 0 Å². The van der Waals surface area contributed by atoms with E-state index in [1.54, 1.807) is 7.11 Å². The largest absolute Gasteiger partial charge is 0.496 e. The Kier molecular flexibility index (Phi) is 7.04. The zero-order valence-corrected chi connectivity index (χ0v) is 12.3. The van der Waals surface area contributed by atoms with Crippen molar-refractivity contribution in [3.8, 4) is 5.75 Å².